The highest BCUT2D eigenvalue weighted by molar-refractivity contribution is 5.22. The zero-order chi connectivity index (χ0) is 14.2. The molecule has 1 aromatic carbocycles. The summed E-state index contributed by atoms with van der Waals surface area (Å²) < 4.78 is 28.3. The Morgan fingerprint density at radius 3 is 3.10 bits per heavy atom. The second-order valence-corrected chi connectivity index (χ2v) is 4.02. The molecule has 0 amide bonds. The summed E-state index contributed by atoms with van der Waals surface area (Å²) in [6.45, 7) is 1.92. The maximum absolute atomic E-state index is 13.0. The van der Waals surface area contributed by atoms with Crippen molar-refractivity contribution < 1.29 is 18.4 Å². The van der Waals surface area contributed by atoms with Gasteiger partial charge in [-0.25, -0.2) is 4.39 Å². The lowest BCUT2D eigenvalue weighted by molar-refractivity contribution is 0.197. The van der Waals surface area contributed by atoms with Crippen LogP contribution < -0.4 is 10.1 Å². The van der Waals surface area contributed by atoms with Gasteiger partial charge in [-0.2, -0.15) is 4.98 Å². The quantitative estimate of drug-likeness (QED) is 0.740. The second kappa shape index (κ2) is 7.56. The van der Waals surface area contributed by atoms with E-state index in [9.17, 15) is 4.39 Å². The van der Waals surface area contributed by atoms with Gasteiger partial charge in [0.2, 0.25) is 11.7 Å². The number of nitrogens with one attached hydrogen (secondary N) is 1. The number of aromatic nitrogens is 2. The van der Waals surface area contributed by atoms with Crippen molar-refractivity contribution in [3.8, 4) is 5.75 Å². The molecule has 7 heteroatoms. The Morgan fingerprint density at radius 2 is 2.30 bits per heavy atom. The van der Waals surface area contributed by atoms with E-state index in [4.69, 9.17) is 14.0 Å². The fraction of sp³-hybridized carbons (Fsp3) is 0.385. The van der Waals surface area contributed by atoms with Gasteiger partial charge >= 0.3 is 0 Å². The Hall–Kier alpha value is -1.99. The third-order valence-corrected chi connectivity index (χ3v) is 2.43. The molecule has 2 aromatic rings. The van der Waals surface area contributed by atoms with Gasteiger partial charge in [-0.1, -0.05) is 11.2 Å². The Kier molecular flexibility index (Phi) is 5.45. The number of methoxy groups -OCH3 is 1. The third kappa shape index (κ3) is 4.60. The molecule has 1 heterocycles. The summed E-state index contributed by atoms with van der Waals surface area (Å²) in [4.78, 5) is 4.15. The van der Waals surface area contributed by atoms with Crippen molar-refractivity contribution in [3.05, 3.63) is 41.8 Å². The predicted octanol–water partition coefficient (Wildman–Crippen LogP) is 1.52. The fourth-order valence-electron chi connectivity index (χ4n) is 1.49. The Bertz CT molecular complexity index is 533. The summed E-state index contributed by atoms with van der Waals surface area (Å²) in [6, 6.07) is 5.89. The smallest absolute Gasteiger partial charge is 0.240 e. The lowest BCUT2D eigenvalue weighted by atomic mass is 10.3. The highest BCUT2D eigenvalue weighted by Crippen LogP contribution is 2.13. The van der Waals surface area contributed by atoms with Crippen LogP contribution in [0.15, 0.2) is 28.8 Å². The molecule has 2 rings (SSSR count). The van der Waals surface area contributed by atoms with Gasteiger partial charge in [0.1, 0.15) is 11.6 Å². The molecule has 0 aliphatic rings. The molecule has 108 valence electrons. The molecule has 1 N–H and O–H groups in total. The average Bonchev–Trinajstić information content (AvgIpc) is 2.89. The second-order valence-electron chi connectivity index (χ2n) is 4.02. The Morgan fingerprint density at radius 1 is 1.40 bits per heavy atom. The van der Waals surface area contributed by atoms with Crippen molar-refractivity contribution in [2.75, 3.05) is 20.3 Å². The first-order valence-corrected chi connectivity index (χ1v) is 6.17. The molecule has 0 spiro atoms. The van der Waals surface area contributed by atoms with E-state index in [0.717, 1.165) is 0 Å². The first-order valence-electron chi connectivity index (χ1n) is 6.17. The molecule has 0 radical (unpaired) electrons. The first kappa shape index (κ1) is 14.4. The molecular weight excluding hydrogens is 265 g/mol. The lowest BCUT2D eigenvalue weighted by Crippen LogP contribution is -2.18. The number of hydrogen-bond donors (Lipinski definition) is 1. The third-order valence-electron chi connectivity index (χ3n) is 2.43. The van der Waals surface area contributed by atoms with Gasteiger partial charge in [-0.05, 0) is 12.1 Å². The summed E-state index contributed by atoms with van der Waals surface area (Å²) >= 11 is 0. The Balaban J connectivity index is 1.78. The van der Waals surface area contributed by atoms with Crippen LogP contribution in [0.5, 0.6) is 5.75 Å². The SMILES string of the molecule is COCCNCc1nc(COc2cccc(F)c2)no1. The van der Waals surface area contributed by atoms with E-state index < -0.39 is 0 Å². The van der Waals surface area contributed by atoms with E-state index >= 15 is 0 Å². The lowest BCUT2D eigenvalue weighted by Gasteiger charge is -2.02. The molecule has 0 atom stereocenters. The van der Waals surface area contributed by atoms with Crippen molar-refractivity contribution in [1.82, 2.24) is 15.5 Å². The van der Waals surface area contributed by atoms with Gasteiger partial charge in [-0.3, -0.25) is 0 Å². The predicted molar refractivity (Wildman–Crippen MR) is 68.6 cm³/mol. The van der Waals surface area contributed by atoms with Gasteiger partial charge in [0.05, 0.1) is 13.2 Å². The van der Waals surface area contributed by atoms with Crippen molar-refractivity contribution >= 4 is 0 Å². The van der Waals surface area contributed by atoms with Gasteiger partial charge in [0.25, 0.3) is 0 Å². The van der Waals surface area contributed by atoms with Crippen LogP contribution in [0.25, 0.3) is 0 Å². The van der Waals surface area contributed by atoms with Gasteiger partial charge in [-0.15, -0.1) is 0 Å². The molecule has 0 saturated carbocycles. The number of rotatable bonds is 8. The molecule has 0 aliphatic heterocycles. The van der Waals surface area contributed by atoms with E-state index in [2.05, 4.69) is 15.5 Å². The topological polar surface area (TPSA) is 69.4 Å². The summed E-state index contributed by atoms with van der Waals surface area (Å²) in [6.07, 6.45) is 0. The maximum atomic E-state index is 13.0. The van der Waals surface area contributed by atoms with Crippen LogP contribution in [0.2, 0.25) is 0 Å². The molecule has 0 unspecified atom stereocenters. The summed E-state index contributed by atoms with van der Waals surface area (Å²) in [7, 11) is 1.64. The number of ether oxygens (including phenoxy) is 2. The van der Waals surface area contributed by atoms with Crippen LogP contribution in [0.3, 0.4) is 0 Å². The van der Waals surface area contributed by atoms with Crippen LogP contribution in [-0.2, 0) is 17.9 Å². The number of nitrogens with zero attached hydrogens (tertiary/aromatic N) is 2. The molecular formula is C13H16FN3O3. The standard InChI is InChI=1S/C13H16FN3O3/c1-18-6-5-15-8-13-16-12(17-20-13)9-19-11-4-2-3-10(14)7-11/h2-4,7,15H,5-6,8-9H2,1H3. The van der Waals surface area contributed by atoms with Crippen molar-refractivity contribution in [2.24, 2.45) is 0 Å². The first-order chi connectivity index (χ1) is 9.78. The normalized spacial score (nSPS) is 10.7. The average molecular weight is 281 g/mol. The summed E-state index contributed by atoms with van der Waals surface area (Å²) in [5.41, 5.74) is 0. The van der Waals surface area contributed by atoms with E-state index in [-0.39, 0.29) is 12.4 Å². The minimum Gasteiger partial charge on any atom is -0.485 e. The molecule has 0 bridgehead atoms. The monoisotopic (exact) mass is 281 g/mol. The van der Waals surface area contributed by atoms with E-state index in [0.29, 0.717) is 37.2 Å². The van der Waals surface area contributed by atoms with Crippen LogP contribution in [0.4, 0.5) is 4.39 Å². The fourth-order valence-corrected chi connectivity index (χ4v) is 1.49. The van der Waals surface area contributed by atoms with Crippen molar-refractivity contribution in [3.63, 3.8) is 0 Å². The van der Waals surface area contributed by atoms with Crippen molar-refractivity contribution in [2.45, 2.75) is 13.2 Å². The number of hydrogen-bond acceptors (Lipinski definition) is 6. The van der Waals surface area contributed by atoms with Gasteiger partial charge < -0.3 is 19.3 Å². The van der Waals surface area contributed by atoms with Gasteiger partial charge in [0.15, 0.2) is 6.61 Å². The van der Waals surface area contributed by atoms with Gasteiger partial charge in [0, 0.05) is 19.7 Å². The minimum absolute atomic E-state index is 0.130. The van der Waals surface area contributed by atoms with Crippen LogP contribution in [0.1, 0.15) is 11.7 Å². The van der Waals surface area contributed by atoms with Crippen LogP contribution in [0, 0.1) is 5.82 Å². The van der Waals surface area contributed by atoms with Crippen molar-refractivity contribution in [1.29, 1.82) is 0 Å². The minimum atomic E-state index is -0.348. The zero-order valence-corrected chi connectivity index (χ0v) is 11.1. The largest absolute Gasteiger partial charge is 0.485 e. The van der Waals surface area contributed by atoms with E-state index in [1.807, 2.05) is 0 Å². The highest BCUT2D eigenvalue weighted by atomic mass is 19.1. The molecule has 6 nitrogen and oxygen atoms in total. The zero-order valence-electron chi connectivity index (χ0n) is 11.1. The number of benzene rings is 1. The highest BCUT2D eigenvalue weighted by Gasteiger charge is 2.06. The number of halogens is 1. The molecule has 0 fully saturated rings. The maximum Gasteiger partial charge on any atom is 0.240 e. The molecule has 0 aliphatic carbocycles. The van der Waals surface area contributed by atoms with Crippen LogP contribution in [-0.4, -0.2) is 30.4 Å². The summed E-state index contributed by atoms with van der Waals surface area (Å²) in [5, 5.41) is 6.86. The van der Waals surface area contributed by atoms with E-state index in [1.54, 1.807) is 19.2 Å². The Labute approximate surface area is 115 Å². The van der Waals surface area contributed by atoms with E-state index in [1.165, 1.54) is 12.1 Å². The summed E-state index contributed by atoms with van der Waals surface area (Å²) in [5.74, 6) is 0.963. The molecule has 20 heavy (non-hydrogen) atoms. The van der Waals surface area contributed by atoms with Crippen LogP contribution >= 0.6 is 0 Å². The molecule has 1 aromatic heterocycles. The molecule has 0 saturated heterocycles.